The Kier molecular flexibility index (Phi) is 2.82. The number of rotatable bonds is 1. The fraction of sp³-hybridized carbons (Fsp3) is 0.167. The zero-order valence-electron chi connectivity index (χ0n) is 9.69. The predicted octanol–water partition coefficient (Wildman–Crippen LogP) is 3.02. The van der Waals surface area contributed by atoms with E-state index in [9.17, 15) is 4.79 Å². The Hall–Kier alpha value is -2.30. The number of azo groups is 1. The molecule has 1 aromatic rings. The number of hydrogen-bond acceptors (Lipinski definition) is 3. The van der Waals surface area contributed by atoms with Gasteiger partial charge in [0.1, 0.15) is 5.70 Å². The van der Waals surface area contributed by atoms with Crippen LogP contribution in [0.5, 0.6) is 0 Å². The Balaban J connectivity index is 2.39. The van der Waals surface area contributed by atoms with Gasteiger partial charge in [0.2, 0.25) is 0 Å². The first-order chi connectivity index (χ1) is 8.06. The third-order valence-corrected chi connectivity index (χ3v) is 2.34. The van der Waals surface area contributed by atoms with E-state index in [0.717, 1.165) is 16.8 Å². The lowest BCUT2D eigenvalue weighted by Gasteiger charge is -2.10. The zero-order chi connectivity index (χ0) is 12.4. The minimum atomic E-state index is -0.527. The number of carbonyl (C=O) groups excluding carboxylic acids is 1. The normalized spacial score (nSPS) is 17.4. The molecule has 86 valence electrons. The van der Waals surface area contributed by atoms with Crippen molar-refractivity contribution in [2.24, 2.45) is 15.2 Å². The lowest BCUT2D eigenvalue weighted by Crippen LogP contribution is -2.31. The van der Waals surface area contributed by atoms with Crippen LogP contribution in [0.1, 0.15) is 11.1 Å². The molecule has 5 nitrogen and oxygen atoms in total. The quantitative estimate of drug-likeness (QED) is 0.788. The van der Waals surface area contributed by atoms with Crippen LogP contribution < -0.4 is 5.32 Å². The smallest absolute Gasteiger partial charge is 0.287 e. The van der Waals surface area contributed by atoms with Gasteiger partial charge in [-0.05, 0) is 25.5 Å². The van der Waals surface area contributed by atoms with Gasteiger partial charge in [0.15, 0.2) is 5.84 Å². The molecule has 1 aliphatic rings. The van der Waals surface area contributed by atoms with Crippen LogP contribution in [-0.2, 0) is 0 Å². The molecule has 0 atom stereocenters. The molecule has 1 N–H and O–H groups in total. The molecule has 0 radical (unpaired) electrons. The lowest BCUT2D eigenvalue weighted by atomic mass is 10.1. The molecule has 0 bridgehead atoms. The Bertz CT molecular complexity index is 558. The summed E-state index contributed by atoms with van der Waals surface area (Å²) in [5, 5.41) is 9.46. The number of nitrogens with one attached hydrogen (secondary N) is 1. The molecule has 5 heteroatoms. The summed E-state index contributed by atoms with van der Waals surface area (Å²) < 4.78 is 0. The highest BCUT2D eigenvalue weighted by atomic mass is 16.2. The molecule has 0 saturated heterocycles. The molecule has 1 aliphatic heterocycles. The van der Waals surface area contributed by atoms with Crippen LogP contribution in [0.15, 0.2) is 45.7 Å². The fourth-order valence-corrected chi connectivity index (χ4v) is 1.50. The topological polar surface area (TPSA) is 66.2 Å². The Morgan fingerprint density at radius 1 is 1.29 bits per heavy atom. The molecule has 2 rings (SSSR count). The second-order valence-corrected chi connectivity index (χ2v) is 3.83. The van der Waals surface area contributed by atoms with Crippen LogP contribution in [0.4, 0.5) is 10.5 Å². The number of amides is 2. The number of amidine groups is 1. The van der Waals surface area contributed by atoms with Gasteiger partial charge in [0, 0.05) is 0 Å². The summed E-state index contributed by atoms with van der Waals surface area (Å²) in [6, 6.07) is 5.35. The first-order valence-electron chi connectivity index (χ1n) is 5.14. The third-order valence-electron chi connectivity index (χ3n) is 2.34. The first kappa shape index (κ1) is 11.2. The van der Waals surface area contributed by atoms with Gasteiger partial charge >= 0.3 is 6.03 Å². The summed E-state index contributed by atoms with van der Waals surface area (Å²) in [5.41, 5.74) is 3.33. The molecule has 17 heavy (non-hydrogen) atoms. The molecule has 1 heterocycles. The van der Waals surface area contributed by atoms with Gasteiger partial charge in [0.25, 0.3) is 0 Å². The number of benzene rings is 1. The van der Waals surface area contributed by atoms with Crippen LogP contribution in [0, 0.1) is 13.8 Å². The van der Waals surface area contributed by atoms with E-state index < -0.39 is 6.03 Å². The number of carbonyl (C=O) groups is 1. The van der Waals surface area contributed by atoms with Crippen molar-refractivity contribution in [3.63, 3.8) is 0 Å². The van der Waals surface area contributed by atoms with Crippen molar-refractivity contribution < 1.29 is 4.79 Å². The molecule has 0 fully saturated rings. The number of aryl methyl sites for hydroxylation is 2. The maximum absolute atomic E-state index is 11.1. The van der Waals surface area contributed by atoms with Gasteiger partial charge in [-0.1, -0.05) is 29.4 Å². The third kappa shape index (κ3) is 2.44. The van der Waals surface area contributed by atoms with E-state index in [4.69, 9.17) is 0 Å². The zero-order valence-corrected chi connectivity index (χ0v) is 9.69. The van der Waals surface area contributed by atoms with Crippen molar-refractivity contribution in [3.05, 3.63) is 41.6 Å². The summed E-state index contributed by atoms with van der Waals surface area (Å²) in [5.74, 6) is 0.344. The largest absolute Gasteiger partial charge is 0.365 e. The molecule has 0 aliphatic carbocycles. The summed E-state index contributed by atoms with van der Waals surface area (Å²) >= 11 is 0. The summed E-state index contributed by atoms with van der Waals surface area (Å²) in [6.45, 7) is 7.64. The van der Waals surface area contributed by atoms with Crippen molar-refractivity contribution in [3.8, 4) is 0 Å². The fourth-order valence-electron chi connectivity index (χ4n) is 1.50. The lowest BCUT2D eigenvalue weighted by molar-refractivity contribution is 0.251. The Morgan fingerprint density at radius 3 is 2.76 bits per heavy atom. The van der Waals surface area contributed by atoms with Crippen LogP contribution in [0.3, 0.4) is 0 Å². The number of nitrogens with zero attached hydrogens (tertiary/aromatic N) is 3. The van der Waals surface area contributed by atoms with Crippen LogP contribution in [-0.4, -0.2) is 11.9 Å². The standard InChI is InChI=1S/C12H12N4O/c1-7-4-5-10(8(2)6-7)13-11-9(3)15-16-12(17)14-11/h4-6H,3H2,1-2H3,(H,13,14,17). The SMILES string of the molecule is C=C1N=NC(=O)NC1=Nc1ccc(C)cc1C. The molecule has 0 aromatic heterocycles. The van der Waals surface area contributed by atoms with E-state index in [1.165, 1.54) is 0 Å². The monoisotopic (exact) mass is 228 g/mol. The van der Waals surface area contributed by atoms with E-state index >= 15 is 0 Å². The van der Waals surface area contributed by atoms with Crippen molar-refractivity contribution >= 4 is 17.6 Å². The van der Waals surface area contributed by atoms with E-state index in [1.54, 1.807) is 0 Å². The number of hydrogen-bond donors (Lipinski definition) is 1. The summed E-state index contributed by atoms with van der Waals surface area (Å²) in [4.78, 5) is 15.4. The van der Waals surface area contributed by atoms with Gasteiger partial charge < -0.3 is 0 Å². The van der Waals surface area contributed by atoms with Gasteiger partial charge in [-0.2, -0.15) is 0 Å². The highest BCUT2D eigenvalue weighted by Crippen LogP contribution is 2.20. The number of aliphatic imine (C=N–C) groups is 1. The van der Waals surface area contributed by atoms with Crippen LogP contribution >= 0.6 is 0 Å². The highest BCUT2D eigenvalue weighted by Gasteiger charge is 2.14. The van der Waals surface area contributed by atoms with E-state index in [0.29, 0.717) is 11.5 Å². The van der Waals surface area contributed by atoms with E-state index in [-0.39, 0.29) is 0 Å². The molecule has 1 aromatic carbocycles. The van der Waals surface area contributed by atoms with Crippen molar-refractivity contribution in [1.82, 2.24) is 5.32 Å². The molecule has 0 spiro atoms. The van der Waals surface area contributed by atoms with Crippen molar-refractivity contribution in [2.75, 3.05) is 0 Å². The Labute approximate surface area is 99.0 Å². The van der Waals surface area contributed by atoms with Gasteiger partial charge in [-0.15, -0.1) is 5.11 Å². The minimum Gasteiger partial charge on any atom is -0.287 e. The number of urea groups is 1. The Morgan fingerprint density at radius 2 is 2.06 bits per heavy atom. The summed E-state index contributed by atoms with van der Waals surface area (Å²) in [7, 11) is 0. The molecule has 0 saturated carbocycles. The maximum atomic E-state index is 11.1. The van der Waals surface area contributed by atoms with Gasteiger partial charge in [0.05, 0.1) is 5.69 Å². The maximum Gasteiger partial charge on any atom is 0.365 e. The van der Waals surface area contributed by atoms with Crippen LogP contribution in [0.25, 0.3) is 0 Å². The molecule has 0 unspecified atom stereocenters. The minimum absolute atomic E-state index is 0.344. The molecular weight excluding hydrogens is 216 g/mol. The average Bonchev–Trinajstić information content (AvgIpc) is 2.27. The van der Waals surface area contributed by atoms with E-state index in [1.807, 2.05) is 32.0 Å². The molecular formula is C12H12N4O. The second-order valence-electron chi connectivity index (χ2n) is 3.83. The van der Waals surface area contributed by atoms with Crippen molar-refractivity contribution in [2.45, 2.75) is 13.8 Å². The average molecular weight is 228 g/mol. The van der Waals surface area contributed by atoms with Crippen LogP contribution in [0.2, 0.25) is 0 Å². The van der Waals surface area contributed by atoms with Gasteiger partial charge in [-0.25, -0.2) is 9.79 Å². The molecule has 2 amide bonds. The van der Waals surface area contributed by atoms with E-state index in [2.05, 4.69) is 27.1 Å². The second kappa shape index (κ2) is 4.29. The van der Waals surface area contributed by atoms with Crippen molar-refractivity contribution in [1.29, 1.82) is 0 Å². The summed E-state index contributed by atoms with van der Waals surface area (Å²) in [6.07, 6.45) is 0. The first-order valence-corrected chi connectivity index (χ1v) is 5.14. The predicted molar refractivity (Wildman–Crippen MR) is 65.5 cm³/mol. The highest BCUT2D eigenvalue weighted by molar-refractivity contribution is 6.09. The van der Waals surface area contributed by atoms with Gasteiger partial charge in [-0.3, -0.25) is 5.32 Å².